The number of nitrogens with zero attached hydrogens (tertiary/aromatic N) is 4. The van der Waals surface area contributed by atoms with Gasteiger partial charge in [-0.2, -0.15) is 0 Å². The van der Waals surface area contributed by atoms with Crippen molar-refractivity contribution in [3.63, 3.8) is 0 Å². The Balaban J connectivity index is 2.26. The average molecular weight is 322 g/mol. The molecule has 0 saturated heterocycles. The van der Waals surface area contributed by atoms with Crippen LogP contribution in [0.3, 0.4) is 0 Å². The van der Waals surface area contributed by atoms with E-state index >= 15 is 0 Å². The number of hydrogen-bond donors (Lipinski definition) is 1. The molecule has 0 bridgehead atoms. The fraction of sp³-hybridized carbons (Fsp3) is 0.167. The third-order valence-electron chi connectivity index (χ3n) is 3.93. The van der Waals surface area contributed by atoms with Crippen LogP contribution < -0.4 is 15.9 Å². The molecule has 6 nitrogen and oxygen atoms in total. The molecule has 1 heterocycles. The number of anilines is 1. The number of aryl methyl sites for hydroxylation is 1. The highest BCUT2D eigenvalue weighted by atomic mass is 16.4. The predicted molar refractivity (Wildman–Crippen MR) is 92.9 cm³/mol. The topological polar surface area (TPSA) is 70.7 Å². The molecule has 1 N–H and O–H groups in total. The number of aromatic nitrogens is 2. The minimum atomic E-state index is -0.451. The van der Waals surface area contributed by atoms with Gasteiger partial charge in [-0.15, -0.1) is 0 Å². The van der Waals surface area contributed by atoms with Gasteiger partial charge in [-0.1, -0.05) is 47.6 Å². The van der Waals surface area contributed by atoms with Crippen LogP contribution in [0.1, 0.15) is 5.56 Å². The fourth-order valence-electron chi connectivity index (χ4n) is 2.71. The van der Waals surface area contributed by atoms with Crippen molar-refractivity contribution in [2.24, 2.45) is 12.2 Å². The molecule has 0 radical (unpaired) electrons. The molecule has 2 aromatic carbocycles. The van der Waals surface area contributed by atoms with E-state index in [9.17, 15) is 10.0 Å². The normalized spacial score (nSPS) is 11.7. The van der Waals surface area contributed by atoms with Crippen LogP contribution in [-0.4, -0.2) is 21.8 Å². The summed E-state index contributed by atoms with van der Waals surface area (Å²) in [6.45, 7) is 0.616. The first-order valence-electron chi connectivity index (χ1n) is 7.55. The summed E-state index contributed by atoms with van der Waals surface area (Å²) in [4.78, 5) is 18.6. The maximum atomic E-state index is 12.4. The second-order valence-corrected chi connectivity index (χ2v) is 5.58. The zero-order valence-electron chi connectivity index (χ0n) is 13.5. The molecule has 0 aliphatic rings. The van der Waals surface area contributed by atoms with Gasteiger partial charge in [0.25, 0.3) is 11.0 Å². The lowest BCUT2D eigenvalue weighted by molar-refractivity contribution is 0.297. The first-order chi connectivity index (χ1) is 11.6. The zero-order valence-corrected chi connectivity index (χ0v) is 13.5. The molecular weight excluding hydrogens is 304 g/mol. The largest absolute Gasteiger partial charge is 0.409 e. The van der Waals surface area contributed by atoms with Crippen molar-refractivity contribution in [1.29, 1.82) is 0 Å². The summed E-state index contributed by atoms with van der Waals surface area (Å²) >= 11 is 0. The van der Waals surface area contributed by atoms with Gasteiger partial charge in [-0.05, 0) is 17.7 Å². The SMILES string of the molecule is CN(Cc1ccccc1)c1n/c(=N/O)c(=O)n(C)c2ccccc12. The monoisotopic (exact) mass is 322 g/mol. The van der Waals surface area contributed by atoms with Crippen LogP contribution in [0.25, 0.3) is 10.9 Å². The van der Waals surface area contributed by atoms with E-state index in [0.717, 1.165) is 16.5 Å². The van der Waals surface area contributed by atoms with Crippen LogP contribution in [0, 0.1) is 0 Å². The summed E-state index contributed by atoms with van der Waals surface area (Å²) in [6, 6.07) is 17.5. The van der Waals surface area contributed by atoms with E-state index in [4.69, 9.17) is 0 Å². The first-order valence-corrected chi connectivity index (χ1v) is 7.55. The molecule has 3 aromatic rings. The van der Waals surface area contributed by atoms with Crippen molar-refractivity contribution in [3.05, 3.63) is 76.0 Å². The molecule has 0 fully saturated rings. The van der Waals surface area contributed by atoms with Crippen molar-refractivity contribution in [3.8, 4) is 0 Å². The predicted octanol–water partition coefficient (Wildman–Crippen LogP) is 1.86. The Labute approximate surface area is 138 Å². The van der Waals surface area contributed by atoms with Crippen molar-refractivity contribution in [2.75, 3.05) is 11.9 Å². The molecule has 3 rings (SSSR count). The van der Waals surface area contributed by atoms with Gasteiger partial charge in [-0.3, -0.25) is 4.79 Å². The Bertz CT molecular complexity index is 997. The average Bonchev–Trinajstić information content (AvgIpc) is 2.72. The Morgan fingerprint density at radius 1 is 1.12 bits per heavy atom. The summed E-state index contributed by atoms with van der Waals surface area (Å²) in [5.74, 6) is 0.583. The highest BCUT2D eigenvalue weighted by molar-refractivity contribution is 5.89. The second kappa shape index (κ2) is 6.54. The third-order valence-corrected chi connectivity index (χ3v) is 3.93. The van der Waals surface area contributed by atoms with Gasteiger partial charge in [0.1, 0.15) is 5.82 Å². The van der Waals surface area contributed by atoms with E-state index in [1.54, 1.807) is 7.05 Å². The summed E-state index contributed by atoms with van der Waals surface area (Å²) in [7, 11) is 3.54. The second-order valence-electron chi connectivity index (χ2n) is 5.58. The van der Waals surface area contributed by atoms with E-state index in [2.05, 4.69) is 10.1 Å². The summed E-state index contributed by atoms with van der Waals surface area (Å²) in [6.07, 6.45) is 0. The van der Waals surface area contributed by atoms with Crippen LogP contribution in [0.15, 0.2) is 64.5 Å². The highest BCUT2D eigenvalue weighted by Crippen LogP contribution is 2.21. The van der Waals surface area contributed by atoms with Gasteiger partial charge in [0, 0.05) is 26.0 Å². The van der Waals surface area contributed by atoms with Gasteiger partial charge in [0.2, 0.25) is 0 Å². The van der Waals surface area contributed by atoms with Crippen LogP contribution >= 0.6 is 0 Å². The van der Waals surface area contributed by atoms with Gasteiger partial charge in [0.05, 0.1) is 5.52 Å². The maximum Gasteiger partial charge on any atom is 0.299 e. The minimum Gasteiger partial charge on any atom is -0.409 e. The van der Waals surface area contributed by atoms with Gasteiger partial charge in [-0.25, -0.2) is 4.98 Å². The van der Waals surface area contributed by atoms with Gasteiger partial charge >= 0.3 is 0 Å². The molecule has 0 spiro atoms. The smallest absolute Gasteiger partial charge is 0.299 e. The maximum absolute atomic E-state index is 12.4. The molecular formula is C18H18N4O2. The van der Waals surface area contributed by atoms with Gasteiger partial charge in [0.15, 0.2) is 0 Å². The van der Waals surface area contributed by atoms with E-state index < -0.39 is 5.56 Å². The molecule has 24 heavy (non-hydrogen) atoms. The molecule has 0 aliphatic heterocycles. The molecule has 6 heteroatoms. The van der Waals surface area contributed by atoms with Crippen LogP contribution in [-0.2, 0) is 13.6 Å². The van der Waals surface area contributed by atoms with Crippen molar-refractivity contribution in [2.45, 2.75) is 6.54 Å². The number of benzene rings is 2. The Kier molecular flexibility index (Phi) is 4.29. The van der Waals surface area contributed by atoms with E-state index in [1.807, 2.05) is 66.5 Å². The molecule has 0 atom stereocenters. The number of para-hydroxylation sites is 1. The van der Waals surface area contributed by atoms with E-state index in [-0.39, 0.29) is 5.49 Å². The number of fused-ring (bicyclic) bond motifs is 1. The van der Waals surface area contributed by atoms with Crippen LogP contribution in [0.4, 0.5) is 5.82 Å². The molecule has 0 unspecified atom stereocenters. The van der Waals surface area contributed by atoms with Crippen LogP contribution in [0.5, 0.6) is 0 Å². The van der Waals surface area contributed by atoms with Crippen molar-refractivity contribution in [1.82, 2.24) is 9.55 Å². The molecule has 0 amide bonds. The van der Waals surface area contributed by atoms with Crippen molar-refractivity contribution < 1.29 is 5.21 Å². The minimum absolute atomic E-state index is 0.233. The summed E-state index contributed by atoms with van der Waals surface area (Å²) in [5.41, 5.74) is 1.16. The molecule has 1 aromatic heterocycles. The Morgan fingerprint density at radius 3 is 2.50 bits per heavy atom. The Morgan fingerprint density at radius 2 is 1.79 bits per heavy atom. The molecule has 0 saturated carbocycles. The van der Waals surface area contributed by atoms with Gasteiger partial charge < -0.3 is 14.7 Å². The lowest BCUT2D eigenvalue weighted by Crippen LogP contribution is -2.33. The fourth-order valence-corrected chi connectivity index (χ4v) is 2.71. The number of hydrogen-bond acceptors (Lipinski definition) is 5. The lowest BCUT2D eigenvalue weighted by atomic mass is 10.2. The Hall–Kier alpha value is -3.15. The van der Waals surface area contributed by atoms with Crippen molar-refractivity contribution >= 4 is 16.7 Å². The summed E-state index contributed by atoms with van der Waals surface area (Å²) in [5, 5.41) is 13.1. The van der Waals surface area contributed by atoms with E-state index in [1.165, 1.54) is 4.57 Å². The first kappa shape index (κ1) is 15.7. The highest BCUT2D eigenvalue weighted by Gasteiger charge is 2.11. The quantitative estimate of drug-likeness (QED) is 0.590. The van der Waals surface area contributed by atoms with Crippen LogP contribution in [0.2, 0.25) is 0 Å². The molecule has 122 valence electrons. The molecule has 0 aliphatic carbocycles. The standard InChI is InChI=1S/C18H18N4O2/c1-21(12-13-8-4-3-5-9-13)17-14-10-6-7-11-15(14)22(2)18(23)16(19-17)20-24/h3-11,24H,12H2,1-2H3/b20-16+. The number of rotatable bonds is 3. The third kappa shape index (κ3) is 2.86. The lowest BCUT2D eigenvalue weighted by Gasteiger charge is -2.18. The summed E-state index contributed by atoms with van der Waals surface area (Å²) < 4.78 is 1.44. The zero-order chi connectivity index (χ0) is 17.1. The van der Waals surface area contributed by atoms with E-state index in [0.29, 0.717) is 12.4 Å².